The maximum atomic E-state index is 13.5. The first-order valence-electron chi connectivity index (χ1n) is 12.7. The van der Waals surface area contributed by atoms with Crippen molar-refractivity contribution in [2.45, 2.75) is 77.2 Å². The number of amides is 2. The van der Waals surface area contributed by atoms with Crippen LogP contribution in [-0.4, -0.2) is 68.7 Å². The van der Waals surface area contributed by atoms with Crippen LogP contribution in [0, 0.1) is 17.8 Å². The molecule has 3 rings (SSSR count). The van der Waals surface area contributed by atoms with Gasteiger partial charge in [-0.15, -0.1) is 0 Å². The summed E-state index contributed by atoms with van der Waals surface area (Å²) in [6, 6.07) is -0.107. The van der Waals surface area contributed by atoms with Gasteiger partial charge < -0.3 is 19.0 Å². The smallest absolute Gasteiger partial charge is 0.355 e. The summed E-state index contributed by atoms with van der Waals surface area (Å²) in [5, 5.41) is 0.0339. The van der Waals surface area contributed by atoms with Gasteiger partial charge in [-0.3, -0.25) is 9.59 Å². The van der Waals surface area contributed by atoms with Crippen molar-refractivity contribution in [3.05, 3.63) is 36.1 Å². The molecule has 0 aromatic heterocycles. The lowest BCUT2D eigenvalue weighted by Gasteiger charge is -2.51. The Hall–Kier alpha value is -2.19. The highest BCUT2D eigenvalue weighted by Crippen LogP contribution is 2.55. The van der Waals surface area contributed by atoms with Gasteiger partial charge in [0.2, 0.25) is 11.8 Å². The topological polar surface area (TPSA) is 76.1 Å². The normalized spacial score (nSPS) is 27.3. The fourth-order valence-electron chi connectivity index (χ4n) is 5.37. The highest BCUT2D eigenvalue weighted by atomic mass is 28.4. The number of esters is 1. The molecule has 0 unspecified atom stereocenters. The molecule has 0 radical (unpaired) electrons. The summed E-state index contributed by atoms with van der Waals surface area (Å²) in [5.74, 6) is -0.973. The minimum absolute atomic E-state index is 0.0339. The van der Waals surface area contributed by atoms with Crippen molar-refractivity contribution in [2.75, 3.05) is 20.7 Å². The minimum Gasteiger partial charge on any atom is -0.457 e. The number of fused-ring (bicyclic) bond motifs is 3. The maximum absolute atomic E-state index is 13.5. The number of ether oxygens (including phenoxy) is 1. The standard InChI is InChI=1S/C27H42N2O5Si/c1-10-16-33-26(32)24-22-18(14-15-20(30)28(6)7)12-11-13-19(22)23-21(25(31)29(23)24)17(2)34-35(8,9)27(3,4)5/h10,14-15,17-19,21,23H,1,11-13,16H2,2-9H3/b15-14+/t17-,18-,19+,21-,23-/m1/s1. The van der Waals surface area contributed by atoms with Crippen molar-refractivity contribution in [1.82, 2.24) is 9.80 Å². The molecule has 2 amide bonds. The van der Waals surface area contributed by atoms with E-state index in [1.807, 2.05) is 13.0 Å². The molecule has 2 fully saturated rings. The van der Waals surface area contributed by atoms with Gasteiger partial charge in [-0.1, -0.05) is 45.9 Å². The second kappa shape index (κ2) is 10.0. The van der Waals surface area contributed by atoms with E-state index in [0.717, 1.165) is 24.8 Å². The van der Waals surface area contributed by atoms with E-state index in [1.54, 1.807) is 25.1 Å². The van der Waals surface area contributed by atoms with Crippen molar-refractivity contribution in [1.29, 1.82) is 0 Å². The fourth-order valence-corrected chi connectivity index (χ4v) is 6.80. The number of rotatable bonds is 8. The average molecular weight is 503 g/mol. The third kappa shape index (κ3) is 5.05. The van der Waals surface area contributed by atoms with Crippen molar-refractivity contribution in [3.8, 4) is 0 Å². The predicted octanol–water partition coefficient (Wildman–Crippen LogP) is 4.28. The zero-order valence-corrected chi connectivity index (χ0v) is 23.6. The van der Waals surface area contributed by atoms with E-state index in [2.05, 4.69) is 40.4 Å². The highest BCUT2D eigenvalue weighted by Gasteiger charge is 2.63. The SMILES string of the molecule is C=CCOC(=O)C1=C2[C@@H](/C=C/C(=O)N(C)C)CCC[C@@H]2[C@@H]2[C@@H]([C@@H](C)O[Si](C)(C)C(C)(C)C)C(=O)N12. The molecule has 1 saturated heterocycles. The largest absolute Gasteiger partial charge is 0.457 e. The van der Waals surface area contributed by atoms with Gasteiger partial charge in [-0.2, -0.15) is 0 Å². The molecule has 0 aromatic carbocycles. The lowest BCUT2D eigenvalue weighted by Crippen LogP contribution is -2.65. The highest BCUT2D eigenvalue weighted by molar-refractivity contribution is 6.74. The Balaban J connectivity index is 1.95. The molecular weight excluding hydrogens is 460 g/mol. The van der Waals surface area contributed by atoms with E-state index in [-0.39, 0.29) is 53.4 Å². The Morgan fingerprint density at radius 2 is 1.91 bits per heavy atom. The van der Waals surface area contributed by atoms with Crippen LogP contribution in [0.25, 0.3) is 0 Å². The van der Waals surface area contributed by atoms with E-state index in [4.69, 9.17) is 9.16 Å². The van der Waals surface area contributed by atoms with Crippen molar-refractivity contribution in [2.24, 2.45) is 17.8 Å². The van der Waals surface area contributed by atoms with E-state index in [9.17, 15) is 14.4 Å². The molecule has 194 valence electrons. The number of nitrogens with zero attached hydrogens (tertiary/aromatic N) is 2. The molecule has 0 N–H and O–H groups in total. The predicted molar refractivity (Wildman–Crippen MR) is 139 cm³/mol. The number of carbonyl (C=O) groups excluding carboxylic acids is 3. The maximum Gasteiger partial charge on any atom is 0.355 e. The number of allylic oxidation sites excluding steroid dienone is 1. The first kappa shape index (κ1) is 27.4. The van der Waals surface area contributed by atoms with Crippen molar-refractivity contribution in [3.63, 3.8) is 0 Å². The summed E-state index contributed by atoms with van der Waals surface area (Å²) >= 11 is 0. The number of hydrogen-bond donors (Lipinski definition) is 0. The molecule has 2 heterocycles. The Morgan fingerprint density at radius 1 is 1.26 bits per heavy atom. The van der Waals surface area contributed by atoms with E-state index < -0.39 is 14.3 Å². The van der Waals surface area contributed by atoms with Gasteiger partial charge in [0.25, 0.3) is 0 Å². The molecule has 7 nitrogen and oxygen atoms in total. The third-order valence-corrected chi connectivity index (χ3v) is 12.7. The number of likely N-dealkylation sites (N-methyl/N-ethyl adjacent to an activating group) is 1. The Morgan fingerprint density at radius 3 is 2.49 bits per heavy atom. The average Bonchev–Trinajstić information content (AvgIpc) is 3.05. The van der Waals surface area contributed by atoms with Crippen LogP contribution in [0.1, 0.15) is 47.0 Å². The molecule has 1 aliphatic carbocycles. The van der Waals surface area contributed by atoms with Crippen molar-refractivity contribution >= 4 is 26.1 Å². The Kier molecular flexibility index (Phi) is 7.87. The summed E-state index contributed by atoms with van der Waals surface area (Å²) in [4.78, 5) is 42.1. The van der Waals surface area contributed by atoms with Gasteiger partial charge in [0.1, 0.15) is 12.3 Å². The summed E-state index contributed by atoms with van der Waals surface area (Å²) in [5.41, 5.74) is 1.31. The van der Waals surface area contributed by atoms with Crippen LogP contribution in [0.15, 0.2) is 36.1 Å². The van der Waals surface area contributed by atoms with Crippen LogP contribution in [-0.2, 0) is 23.5 Å². The third-order valence-electron chi connectivity index (χ3n) is 8.17. The number of hydrogen-bond acceptors (Lipinski definition) is 5. The fraction of sp³-hybridized carbons (Fsp3) is 0.667. The molecule has 0 spiro atoms. The van der Waals surface area contributed by atoms with Crippen LogP contribution in [0.3, 0.4) is 0 Å². The summed E-state index contributed by atoms with van der Waals surface area (Å²) in [7, 11) is 1.34. The molecule has 0 aromatic rings. The molecule has 3 aliphatic rings. The lowest BCUT2D eigenvalue weighted by molar-refractivity contribution is -0.163. The van der Waals surface area contributed by atoms with Gasteiger partial charge >= 0.3 is 5.97 Å². The molecular formula is C27H42N2O5Si. The quantitative estimate of drug-likeness (QED) is 0.163. The van der Waals surface area contributed by atoms with Gasteiger partial charge in [0.15, 0.2) is 8.32 Å². The number of β-lactam (4-membered cyclic amide) rings is 1. The summed E-state index contributed by atoms with van der Waals surface area (Å²) < 4.78 is 12.1. The summed E-state index contributed by atoms with van der Waals surface area (Å²) in [6.45, 7) is 16.7. The van der Waals surface area contributed by atoms with E-state index in [0.29, 0.717) is 5.70 Å². The zero-order chi connectivity index (χ0) is 26.3. The van der Waals surface area contributed by atoms with Crippen LogP contribution >= 0.6 is 0 Å². The van der Waals surface area contributed by atoms with Gasteiger partial charge in [-0.25, -0.2) is 4.79 Å². The van der Waals surface area contributed by atoms with Gasteiger partial charge in [0, 0.05) is 25.9 Å². The molecule has 0 bridgehead atoms. The monoisotopic (exact) mass is 502 g/mol. The number of carbonyl (C=O) groups is 3. The van der Waals surface area contributed by atoms with Gasteiger partial charge in [-0.05, 0) is 49.5 Å². The zero-order valence-electron chi connectivity index (χ0n) is 22.6. The second-order valence-corrected chi connectivity index (χ2v) is 16.5. The van der Waals surface area contributed by atoms with Crippen LogP contribution in [0.5, 0.6) is 0 Å². The van der Waals surface area contributed by atoms with Crippen LogP contribution in [0.4, 0.5) is 0 Å². The van der Waals surface area contributed by atoms with Crippen LogP contribution < -0.4 is 0 Å². The first-order chi connectivity index (χ1) is 16.2. The van der Waals surface area contributed by atoms with Gasteiger partial charge in [0.05, 0.1) is 18.1 Å². The molecule has 1 saturated carbocycles. The van der Waals surface area contributed by atoms with Crippen molar-refractivity contribution < 1.29 is 23.5 Å². The van der Waals surface area contributed by atoms with Crippen LogP contribution in [0.2, 0.25) is 18.1 Å². The molecule has 5 atom stereocenters. The van der Waals surface area contributed by atoms with E-state index >= 15 is 0 Å². The second-order valence-electron chi connectivity index (χ2n) is 11.7. The molecule has 2 aliphatic heterocycles. The molecule has 8 heteroatoms. The first-order valence-corrected chi connectivity index (χ1v) is 15.6. The Labute approximate surface area is 211 Å². The molecule has 35 heavy (non-hydrogen) atoms. The van der Waals surface area contributed by atoms with E-state index in [1.165, 1.54) is 11.0 Å². The minimum atomic E-state index is -2.08. The summed E-state index contributed by atoms with van der Waals surface area (Å²) in [6.07, 6.45) is 7.46. The lowest BCUT2D eigenvalue weighted by atomic mass is 9.69. The Bertz CT molecular complexity index is 946.